The van der Waals surface area contributed by atoms with Crippen LogP contribution in [0.15, 0.2) is 0 Å². The standard InChI is InChI=1S/C11H18O2/c1-4-12-11(13-9(2)3)8-7-10-5-6-10/h9-11H,4-6H2,1-3H3/t11-/m1/s1. The first-order chi connectivity index (χ1) is 6.22. The van der Waals surface area contributed by atoms with Crippen LogP contribution in [0.3, 0.4) is 0 Å². The minimum Gasteiger partial charge on any atom is -0.342 e. The first-order valence-electron chi connectivity index (χ1n) is 5.00. The molecule has 0 heterocycles. The van der Waals surface area contributed by atoms with Crippen LogP contribution in [0.25, 0.3) is 0 Å². The van der Waals surface area contributed by atoms with E-state index < -0.39 is 0 Å². The van der Waals surface area contributed by atoms with E-state index in [2.05, 4.69) is 11.8 Å². The Balaban J connectivity index is 2.32. The molecule has 0 aliphatic heterocycles. The fraction of sp³-hybridized carbons (Fsp3) is 0.818. The Morgan fingerprint density at radius 3 is 2.54 bits per heavy atom. The van der Waals surface area contributed by atoms with Gasteiger partial charge in [0.05, 0.1) is 6.10 Å². The minimum absolute atomic E-state index is 0.171. The van der Waals surface area contributed by atoms with Gasteiger partial charge in [0.2, 0.25) is 6.29 Å². The van der Waals surface area contributed by atoms with Gasteiger partial charge < -0.3 is 9.47 Å². The van der Waals surface area contributed by atoms with E-state index in [1.165, 1.54) is 12.8 Å². The Labute approximate surface area is 80.6 Å². The molecule has 0 saturated heterocycles. The molecule has 1 aliphatic rings. The summed E-state index contributed by atoms with van der Waals surface area (Å²) in [5, 5.41) is 0. The van der Waals surface area contributed by atoms with Gasteiger partial charge in [-0.1, -0.05) is 5.92 Å². The number of hydrogen-bond donors (Lipinski definition) is 0. The van der Waals surface area contributed by atoms with Crippen molar-refractivity contribution in [2.24, 2.45) is 5.92 Å². The van der Waals surface area contributed by atoms with Gasteiger partial charge in [-0.2, -0.15) is 0 Å². The van der Waals surface area contributed by atoms with Gasteiger partial charge in [-0.3, -0.25) is 0 Å². The summed E-state index contributed by atoms with van der Waals surface area (Å²) >= 11 is 0. The van der Waals surface area contributed by atoms with Crippen LogP contribution < -0.4 is 0 Å². The summed E-state index contributed by atoms with van der Waals surface area (Å²) in [5.74, 6) is 6.78. The Hall–Kier alpha value is -0.520. The van der Waals surface area contributed by atoms with Crippen molar-refractivity contribution in [3.63, 3.8) is 0 Å². The molecule has 1 atom stereocenters. The van der Waals surface area contributed by atoms with Gasteiger partial charge in [0.15, 0.2) is 0 Å². The average molecular weight is 182 g/mol. The van der Waals surface area contributed by atoms with Gasteiger partial charge in [-0.15, -0.1) is 0 Å². The molecule has 2 nitrogen and oxygen atoms in total. The van der Waals surface area contributed by atoms with E-state index in [0.717, 1.165) is 0 Å². The molecule has 0 aromatic heterocycles. The Bertz CT molecular complexity index is 196. The Kier molecular flexibility index (Phi) is 4.27. The highest BCUT2D eigenvalue weighted by molar-refractivity contribution is 5.11. The molecule has 0 N–H and O–H groups in total. The predicted octanol–water partition coefficient (Wildman–Crippen LogP) is 2.19. The zero-order valence-electron chi connectivity index (χ0n) is 8.67. The van der Waals surface area contributed by atoms with E-state index in [4.69, 9.17) is 9.47 Å². The molecule has 74 valence electrons. The lowest BCUT2D eigenvalue weighted by Gasteiger charge is -2.14. The number of ether oxygens (including phenoxy) is 2. The summed E-state index contributed by atoms with van der Waals surface area (Å²) in [5.41, 5.74) is 0. The largest absolute Gasteiger partial charge is 0.342 e. The van der Waals surface area contributed by atoms with Crippen LogP contribution in [0, 0.1) is 17.8 Å². The van der Waals surface area contributed by atoms with Crippen LogP contribution in [0.2, 0.25) is 0 Å². The third-order valence-electron chi connectivity index (χ3n) is 1.70. The van der Waals surface area contributed by atoms with Gasteiger partial charge in [0.25, 0.3) is 0 Å². The average Bonchev–Trinajstić information content (AvgIpc) is 2.82. The molecule has 13 heavy (non-hydrogen) atoms. The molecule has 2 heteroatoms. The number of rotatable bonds is 4. The lowest BCUT2D eigenvalue weighted by molar-refractivity contribution is -0.124. The maximum atomic E-state index is 5.47. The second-order valence-corrected chi connectivity index (χ2v) is 3.54. The summed E-state index contributed by atoms with van der Waals surface area (Å²) in [6, 6.07) is 0. The van der Waals surface area contributed by atoms with Crippen molar-refractivity contribution in [3.05, 3.63) is 0 Å². The molecule has 0 amide bonds. The van der Waals surface area contributed by atoms with Gasteiger partial charge in [-0.25, -0.2) is 0 Å². The van der Waals surface area contributed by atoms with Gasteiger partial charge in [0, 0.05) is 12.5 Å². The lowest BCUT2D eigenvalue weighted by atomic mass is 10.4. The summed E-state index contributed by atoms with van der Waals surface area (Å²) in [6.07, 6.45) is 2.33. The quantitative estimate of drug-likeness (QED) is 0.490. The van der Waals surface area contributed by atoms with E-state index in [-0.39, 0.29) is 12.4 Å². The summed E-state index contributed by atoms with van der Waals surface area (Å²) < 4.78 is 10.8. The Morgan fingerprint density at radius 1 is 1.38 bits per heavy atom. The second-order valence-electron chi connectivity index (χ2n) is 3.54. The molecule has 0 aromatic rings. The molecular weight excluding hydrogens is 164 g/mol. The van der Waals surface area contributed by atoms with Crippen LogP contribution in [-0.2, 0) is 9.47 Å². The van der Waals surface area contributed by atoms with Crippen molar-refractivity contribution in [2.45, 2.75) is 46.0 Å². The summed E-state index contributed by atoms with van der Waals surface area (Å²) in [6.45, 7) is 6.59. The van der Waals surface area contributed by atoms with Crippen LogP contribution in [0.5, 0.6) is 0 Å². The molecule has 0 aromatic carbocycles. The first-order valence-corrected chi connectivity index (χ1v) is 5.00. The third-order valence-corrected chi connectivity index (χ3v) is 1.70. The lowest BCUT2D eigenvalue weighted by Crippen LogP contribution is -2.19. The molecule has 1 rings (SSSR count). The van der Waals surface area contributed by atoms with E-state index in [0.29, 0.717) is 12.5 Å². The van der Waals surface area contributed by atoms with E-state index >= 15 is 0 Å². The van der Waals surface area contributed by atoms with Crippen LogP contribution in [0.4, 0.5) is 0 Å². The fourth-order valence-corrected chi connectivity index (χ4v) is 0.927. The molecule has 0 radical (unpaired) electrons. The molecular formula is C11H18O2. The molecule has 1 saturated carbocycles. The van der Waals surface area contributed by atoms with Crippen molar-refractivity contribution < 1.29 is 9.47 Å². The highest BCUT2D eigenvalue weighted by Gasteiger charge is 2.18. The first kappa shape index (κ1) is 10.6. The van der Waals surface area contributed by atoms with E-state index in [1.807, 2.05) is 20.8 Å². The zero-order chi connectivity index (χ0) is 9.68. The van der Waals surface area contributed by atoms with Crippen LogP contribution in [-0.4, -0.2) is 19.0 Å². The van der Waals surface area contributed by atoms with Crippen LogP contribution in [0.1, 0.15) is 33.6 Å². The summed E-state index contributed by atoms with van der Waals surface area (Å²) in [4.78, 5) is 0. The molecule has 1 aliphatic carbocycles. The molecule has 0 unspecified atom stereocenters. The van der Waals surface area contributed by atoms with Gasteiger partial charge >= 0.3 is 0 Å². The van der Waals surface area contributed by atoms with Gasteiger partial charge in [0.1, 0.15) is 0 Å². The SMILES string of the molecule is CCO[C@@H](C#CC1CC1)OC(C)C. The Morgan fingerprint density at radius 2 is 2.08 bits per heavy atom. The van der Waals surface area contributed by atoms with E-state index in [1.54, 1.807) is 0 Å². The van der Waals surface area contributed by atoms with Crippen molar-refractivity contribution in [1.82, 2.24) is 0 Å². The minimum atomic E-state index is -0.328. The second kappa shape index (κ2) is 5.26. The molecule has 1 fully saturated rings. The van der Waals surface area contributed by atoms with E-state index in [9.17, 15) is 0 Å². The normalized spacial score (nSPS) is 18.2. The molecule has 0 bridgehead atoms. The van der Waals surface area contributed by atoms with Crippen molar-refractivity contribution in [3.8, 4) is 11.8 Å². The highest BCUT2D eigenvalue weighted by Crippen LogP contribution is 2.27. The highest BCUT2D eigenvalue weighted by atomic mass is 16.7. The monoisotopic (exact) mass is 182 g/mol. The smallest absolute Gasteiger partial charge is 0.222 e. The summed E-state index contributed by atoms with van der Waals surface area (Å²) in [7, 11) is 0. The van der Waals surface area contributed by atoms with Gasteiger partial charge in [-0.05, 0) is 39.5 Å². The third kappa shape index (κ3) is 4.92. The van der Waals surface area contributed by atoms with Crippen molar-refractivity contribution >= 4 is 0 Å². The topological polar surface area (TPSA) is 18.5 Å². The van der Waals surface area contributed by atoms with Crippen molar-refractivity contribution in [2.75, 3.05) is 6.61 Å². The fourth-order valence-electron chi connectivity index (χ4n) is 0.927. The predicted molar refractivity (Wildman–Crippen MR) is 52.1 cm³/mol. The molecule has 0 spiro atoms. The van der Waals surface area contributed by atoms with Crippen LogP contribution >= 0.6 is 0 Å². The maximum absolute atomic E-state index is 5.47. The zero-order valence-corrected chi connectivity index (χ0v) is 8.67. The van der Waals surface area contributed by atoms with Crippen molar-refractivity contribution in [1.29, 1.82) is 0 Å². The number of hydrogen-bond acceptors (Lipinski definition) is 2. The maximum Gasteiger partial charge on any atom is 0.222 e.